The van der Waals surface area contributed by atoms with Crippen molar-refractivity contribution >= 4 is 23.5 Å². The van der Waals surface area contributed by atoms with Gasteiger partial charge in [0.25, 0.3) is 0 Å². The monoisotopic (exact) mass is 224 g/mol. The molecule has 1 aromatic heterocycles. The number of rotatable bonds is 4. The SMILES string of the molecule is [N-]=[N+]=NCCC=Cc1nc(Cl)cnc1N. The Bertz CT molecular complexity index is 410. The Morgan fingerprint density at radius 3 is 3.20 bits per heavy atom. The molecule has 0 aromatic carbocycles. The van der Waals surface area contributed by atoms with Crippen molar-refractivity contribution in [2.24, 2.45) is 5.11 Å². The summed E-state index contributed by atoms with van der Waals surface area (Å²) < 4.78 is 0. The Hall–Kier alpha value is -1.78. The number of nitrogens with zero attached hydrogens (tertiary/aromatic N) is 5. The molecule has 0 saturated heterocycles. The normalized spacial score (nSPS) is 10.2. The van der Waals surface area contributed by atoms with Crippen molar-refractivity contribution < 1.29 is 0 Å². The lowest BCUT2D eigenvalue weighted by atomic mass is 10.3. The fourth-order valence-corrected chi connectivity index (χ4v) is 1.02. The fraction of sp³-hybridized carbons (Fsp3) is 0.250. The quantitative estimate of drug-likeness (QED) is 0.368. The van der Waals surface area contributed by atoms with Crippen molar-refractivity contribution in [1.29, 1.82) is 0 Å². The molecule has 6 nitrogen and oxygen atoms in total. The zero-order chi connectivity index (χ0) is 11.1. The van der Waals surface area contributed by atoms with Crippen LogP contribution in [0.3, 0.4) is 0 Å². The zero-order valence-corrected chi connectivity index (χ0v) is 8.59. The Morgan fingerprint density at radius 1 is 1.67 bits per heavy atom. The van der Waals surface area contributed by atoms with E-state index < -0.39 is 0 Å². The second kappa shape index (κ2) is 5.85. The minimum Gasteiger partial charge on any atom is -0.382 e. The molecule has 0 aliphatic carbocycles. The van der Waals surface area contributed by atoms with Crippen LogP contribution in [0, 0.1) is 0 Å². The van der Waals surface area contributed by atoms with E-state index in [2.05, 4.69) is 20.0 Å². The maximum atomic E-state index is 8.04. The van der Waals surface area contributed by atoms with Crippen LogP contribution in [-0.2, 0) is 0 Å². The Kier molecular flexibility index (Phi) is 4.40. The van der Waals surface area contributed by atoms with Crippen LogP contribution in [0.5, 0.6) is 0 Å². The predicted octanol–water partition coefficient (Wildman–Crippen LogP) is 2.43. The van der Waals surface area contributed by atoms with E-state index in [1.165, 1.54) is 6.20 Å². The highest BCUT2D eigenvalue weighted by Gasteiger charge is 1.98. The maximum Gasteiger partial charge on any atom is 0.149 e. The van der Waals surface area contributed by atoms with Gasteiger partial charge in [-0.05, 0) is 18.0 Å². The van der Waals surface area contributed by atoms with Crippen LogP contribution in [-0.4, -0.2) is 16.5 Å². The van der Waals surface area contributed by atoms with Crippen molar-refractivity contribution in [2.75, 3.05) is 12.3 Å². The Morgan fingerprint density at radius 2 is 2.47 bits per heavy atom. The predicted molar refractivity (Wildman–Crippen MR) is 59.1 cm³/mol. The lowest BCUT2D eigenvalue weighted by Crippen LogP contribution is -1.96. The molecular formula is C8H9ClN6. The van der Waals surface area contributed by atoms with Gasteiger partial charge in [0.1, 0.15) is 16.7 Å². The third-order valence-corrected chi connectivity index (χ3v) is 1.72. The summed E-state index contributed by atoms with van der Waals surface area (Å²) in [5, 5.41) is 3.67. The zero-order valence-electron chi connectivity index (χ0n) is 7.84. The third kappa shape index (κ3) is 3.84. The van der Waals surface area contributed by atoms with Gasteiger partial charge in [0, 0.05) is 11.5 Å². The van der Waals surface area contributed by atoms with Gasteiger partial charge in [0.05, 0.1) is 6.20 Å². The molecule has 1 aromatic rings. The summed E-state index contributed by atoms with van der Waals surface area (Å²) in [4.78, 5) is 10.5. The van der Waals surface area contributed by atoms with Crippen molar-refractivity contribution in [3.63, 3.8) is 0 Å². The molecule has 0 radical (unpaired) electrons. The molecule has 0 atom stereocenters. The molecule has 0 bridgehead atoms. The van der Waals surface area contributed by atoms with Gasteiger partial charge in [-0.3, -0.25) is 0 Å². The molecule has 15 heavy (non-hydrogen) atoms. The third-order valence-electron chi connectivity index (χ3n) is 1.53. The van der Waals surface area contributed by atoms with Crippen LogP contribution in [0.1, 0.15) is 12.1 Å². The van der Waals surface area contributed by atoms with Gasteiger partial charge in [-0.25, -0.2) is 9.97 Å². The average molecular weight is 225 g/mol. The first kappa shape index (κ1) is 11.3. The summed E-state index contributed by atoms with van der Waals surface area (Å²) in [5.74, 6) is 0.319. The van der Waals surface area contributed by atoms with Crippen LogP contribution < -0.4 is 5.73 Å². The number of azide groups is 1. The van der Waals surface area contributed by atoms with E-state index in [1.54, 1.807) is 12.2 Å². The molecule has 0 amide bonds. The summed E-state index contributed by atoms with van der Waals surface area (Å²) in [6, 6.07) is 0. The van der Waals surface area contributed by atoms with Crippen molar-refractivity contribution in [3.8, 4) is 0 Å². The molecule has 78 valence electrons. The van der Waals surface area contributed by atoms with Gasteiger partial charge in [-0.2, -0.15) is 0 Å². The summed E-state index contributed by atoms with van der Waals surface area (Å²) in [5.41, 5.74) is 14.1. The molecule has 7 heteroatoms. The molecule has 1 rings (SSSR count). The van der Waals surface area contributed by atoms with E-state index in [-0.39, 0.29) is 0 Å². The lowest BCUT2D eigenvalue weighted by molar-refractivity contribution is 0.995. The first-order valence-electron chi connectivity index (χ1n) is 4.19. The summed E-state index contributed by atoms with van der Waals surface area (Å²) in [6.07, 6.45) is 5.50. The molecule has 0 aliphatic rings. The highest BCUT2D eigenvalue weighted by molar-refractivity contribution is 6.29. The lowest BCUT2D eigenvalue weighted by Gasteiger charge is -1.97. The number of anilines is 1. The average Bonchev–Trinajstić information content (AvgIpc) is 2.23. The molecule has 0 fully saturated rings. The smallest absolute Gasteiger partial charge is 0.149 e. The van der Waals surface area contributed by atoms with E-state index in [0.717, 1.165) is 0 Å². The molecule has 0 unspecified atom stereocenters. The first-order valence-corrected chi connectivity index (χ1v) is 4.57. The number of nitrogen functional groups attached to an aromatic ring is 1. The Balaban J connectivity index is 2.63. The van der Waals surface area contributed by atoms with Gasteiger partial charge in [-0.15, -0.1) is 0 Å². The molecule has 0 aliphatic heterocycles. The molecule has 0 spiro atoms. The van der Waals surface area contributed by atoms with Crippen LogP contribution in [0.15, 0.2) is 17.4 Å². The van der Waals surface area contributed by atoms with Gasteiger partial charge in [-0.1, -0.05) is 22.8 Å². The summed E-state index contributed by atoms with van der Waals surface area (Å²) >= 11 is 5.65. The van der Waals surface area contributed by atoms with Crippen LogP contribution in [0.4, 0.5) is 5.82 Å². The summed E-state index contributed by atoms with van der Waals surface area (Å²) in [7, 11) is 0. The van der Waals surface area contributed by atoms with Gasteiger partial charge in [0.15, 0.2) is 0 Å². The van der Waals surface area contributed by atoms with E-state index in [9.17, 15) is 0 Å². The number of hydrogen-bond donors (Lipinski definition) is 1. The number of aromatic nitrogens is 2. The van der Waals surface area contributed by atoms with E-state index in [0.29, 0.717) is 29.6 Å². The molecular weight excluding hydrogens is 216 g/mol. The van der Waals surface area contributed by atoms with E-state index >= 15 is 0 Å². The number of hydrogen-bond acceptors (Lipinski definition) is 4. The molecule has 0 saturated carbocycles. The van der Waals surface area contributed by atoms with E-state index in [1.807, 2.05) is 0 Å². The van der Waals surface area contributed by atoms with Gasteiger partial charge >= 0.3 is 0 Å². The van der Waals surface area contributed by atoms with E-state index in [4.69, 9.17) is 22.9 Å². The van der Waals surface area contributed by atoms with Gasteiger partial charge < -0.3 is 5.73 Å². The minimum absolute atomic E-state index is 0.291. The molecule has 2 N–H and O–H groups in total. The number of halogens is 1. The van der Waals surface area contributed by atoms with Crippen molar-refractivity contribution in [1.82, 2.24) is 9.97 Å². The largest absolute Gasteiger partial charge is 0.382 e. The molecule has 1 heterocycles. The van der Waals surface area contributed by atoms with Crippen LogP contribution >= 0.6 is 11.6 Å². The van der Waals surface area contributed by atoms with Crippen LogP contribution in [0.25, 0.3) is 16.5 Å². The van der Waals surface area contributed by atoms with Crippen molar-refractivity contribution in [2.45, 2.75) is 6.42 Å². The highest BCUT2D eigenvalue weighted by Crippen LogP contribution is 2.11. The fourth-order valence-electron chi connectivity index (χ4n) is 0.885. The summed E-state index contributed by atoms with van der Waals surface area (Å²) in [6.45, 7) is 0.404. The first-order chi connectivity index (χ1) is 7.24. The second-order valence-corrected chi connectivity index (χ2v) is 3.00. The number of nitrogens with two attached hydrogens (primary N) is 1. The topological polar surface area (TPSA) is 101 Å². The van der Waals surface area contributed by atoms with Crippen molar-refractivity contribution in [3.05, 3.63) is 33.6 Å². The standard InChI is InChI=1S/C8H9ClN6/c9-7-5-12-8(10)6(14-7)3-1-2-4-13-15-11/h1,3,5H,2,4H2,(H2,10,12). The van der Waals surface area contributed by atoms with Gasteiger partial charge in [0.2, 0.25) is 0 Å². The minimum atomic E-state index is 0.291. The maximum absolute atomic E-state index is 8.04. The van der Waals surface area contributed by atoms with Crippen LogP contribution in [0.2, 0.25) is 5.15 Å². The highest BCUT2D eigenvalue weighted by atomic mass is 35.5. The second-order valence-electron chi connectivity index (χ2n) is 2.61. The Labute approximate surface area is 91.4 Å².